The minimum Gasteiger partial charge on any atom is -0.370 e. The van der Waals surface area contributed by atoms with Crippen LogP contribution in [0.4, 0.5) is 0 Å². The van der Waals surface area contributed by atoms with Gasteiger partial charge in [-0.25, -0.2) is 4.99 Å². The molecule has 1 heterocycles. The summed E-state index contributed by atoms with van der Waals surface area (Å²) in [4.78, 5) is 8.62. The lowest BCUT2D eigenvalue weighted by atomic mass is 9.96. The molecule has 0 aromatic carbocycles. The largest absolute Gasteiger partial charge is 0.370 e. The van der Waals surface area contributed by atoms with E-state index in [1.54, 1.807) is 0 Å². The topological polar surface area (TPSA) is 63.3 Å². The minimum atomic E-state index is 0.507. The van der Waals surface area contributed by atoms with Gasteiger partial charge in [0, 0.05) is 12.2 Å². The van der Waals surface area contributed by atoms with Crippen molar-refractivity contribution in [2.75, 3.05) is 0 Å². The van der Waals surface area contributed by atoms with Crippen LogP contribution in [0, 0.1) is 6.92 Å². The molecule has 0 atom stereocenters. The van der Waals surface area contributed by atoms with Crippen LogP contribution in [-0.4, -0.2) is 17.0 Å². The van der Waals surface area contributed by atoms with Crippen LogP contribution >= 0.6 is 0 Å². The quantitative estimate of drug-likeness (QED) is 0.634. The van der Waals surface area contributed by atoms with Gasteiger partial charge in [0.1, 0.15) is 0 Å². The Labute approximate surface area is 109 Å². The zero-order valence-electron chi connectivity index (χ0n) is 11.0. The monoisotopic (exact) mass is 246 g/mol. The van der Waals surface area contributed by atoms with E-state index in [2.05, 4.69) is 22.2 Å². The molecule has 0 radical (unpaired) electrons. The Bertz CT molecular complexity index is 408. The fourth-order valence-corrected chi connectivity index (χ4v) is 2.35. The number of nitrogens with two attached hydrogens (primary N) is 1. The molecule has 1 fully saturated rings. The SMILES string of the molecule is Cc1ccnc(CN=C(N)NC2CCCCC2)c1. The molecule has 1 aromatic rings. The summed E-state index contributed by atoms with van der Waals surface area (Å²) in [6.45, 7) is 2.60. The van der Waals surface area contributed by atoms with Gasteiger partial charge in [-0.1, -0.05) is 19.3 Å². The molecule has 0 amide bonds. The van der Waals surface area contributed by atoms with Gasteiger partial charge >= 0.3 is 0 Å². The Morgan fingerprint density at radius 3 is 2.94 bits per heavy atom. The Hall–Kier alpha value is -1.58. The molecule has 4 heteroatoms. The van der Waals surface area contributed by atoms with Crippen LogP contribution in [-0.2, 0) is 6.54 Å². The third-order valence-corrected chi connectivity index (χ3v) is 3.34. The summed E-state index contributed by atoms with van der Waals surface area (Å²) in [7, 11) is 0. The fourth-order valence-electron chi connectivity index (χ4n) is 2.35. The van der Waals surface area contributed by atoms with Crippen LogP contribution in [0.15, 0.2) is 23.3 Å². The van der Waals surface area contributed by atoms with Gasteiger partial charge < -0.3 is 11.1 Å². The molecule has 98 valence electrons. The average molecular weight is 246 g/mol. The van der Waals surface area contributed by atoms with Crippen molar-refractivity contribution in [2.45, 2.75) is 51.6 Å². The maximum Gasteiger partial charge on any atom is 0.189 e. The normalized spacial score (nSPS) is 17.7. The number of rotatable bonds is 3. The Morgan fingerprint density at radius 1 is 1.44 bits per heavy atom. The summed E-state index contributed by atoms with van der Waals surface area (Å²) in [6.07, 6.45) is 8.17. The molecule has 1 aliphatic carbocycles. The standard InChI is InChI=1S/C14H22N4/c1-11-7-8-16-13(9-11)10-17-14(15)18-12-5-3-2-4-6-12/h7-9,12H,2-6,10H2,1H3,(H3,15,17,18). The second-order valence-electron chi connectivity index (χ2n) is 5.01. The summed E-state index contributed by atoms with van der Waals surface area (Å²) < 4.78 is 0. The lowest BCUT2D eigenvalue weighted by Gasteiger charge is -2.23. The highest BCUT2D eigenvalue weighted by atomic mass is 15.1. The highest BCUT2D eigenvalue weighted by Gasteiger charge is 2.13. The number of guanidine groups is 1. The maximum absolute atomic E-state index is 5.90. The second kappa shape index (κ2) is 6.38. The first-order chi connectivity index (χ1) is 8.74. The average Bonchev–Trinajstić information content (AvgIpc) is 2.38. The number of hydrogen-bond donors (Lipinski definition) is 2. The third kappa shape index (κ3) is 4.02. The van der Waals surface area contributed by atoms with E-state index in [1.165, 1.54) is 37.7 Å². The van der Waals surface area contributed by atoms with E-state index in [9.17, 15) is 0 Å². The molecule has 0 bridgehead atoms. The van der Waals surface area contributed by atoms with Crippen LogP contribution in [0.25, 0.3) is 0 Å². The summed E-state index contributed by atoms with van der Waals surface area (Å²) in [5, 5.41) is 3.30. The number of aryl methyl sites for hydroxylation is 1. The number of nitrogens with one attached hydrogen (secondary N) is 1. The highest BCUT2D eigenvalue weighted by Crippen LogP contribution is 2.17. The maximum atomic E-state index is 5.90. The Kier molecular flexibility index (Phi) is 4.56. The van der Waals surface area contributed by atoms with Crippen molar-refractivity contribution >= 4 is 5.96 Å². The van der Waals surface area contributed by atoms with Crippen molar-refractivity contribution in [1.82, 2.24) is 10.3 Å². The van der Waals surface area contributed by atoms with Crippen LogP contribution < -0.4 is 11.1 Å². The molecular formula is C14H22N4. The third-order valence-electron chi connectivity index (χ3n) is 3.34. The van der Waals surface area contributed by atoms with Crippen LogP contribution in [0.3, 0.4) is 0 Å². The Balaban J connectivity index is 1.84. The number of hydrogen-bond acceptors (Lipinski definition) is 2. The van der Waals surface area contributed by atoms with Crippen molar-refractivity contribution in [3.63, 3.8) is 0 Å². The van der Waals surface area contributed by atoms with Crippen molar-refractivity contribution in [2.24, 2.45) is 10.7 Å². The van der Waals surface area contributed by atoms with Gasteiger partial charge in [0.05, 0.1) is 12.2 Å². The van der Waals surface area contributed by atoms with Gasteiger partial charge in [-0.15, -0.1) is 0 Å². The first-order valence-corrected chi connectivity index (χ1v) is 6.72. The first-order valence-electron chi connectivity index (χ1n) is 6.72. The van der Waals surface area contributed by atoms with E-state index in [1.807, 2.05) is 18.3 Å². The van der Waals surface area contributed by atoms with Gasteiger partial charge in [0.2, 0.25) is 0 Å². The van der Waals surface area contributed by atoms with Crippen molar-refractivity contribution in [3.05, 3.63) is 29.6 Å². The van der Waals surface area contributed by atoms with E-state index in [-0.39, 0.29) is 0 Å². The molecule has 0 aliphatic heterocycles. The molecule has 4 nitrogen and oxygen atoms in total. The van der Waals surface area contributed by atoms with E-state index in [4.69, 9.17) is 5.73 Å². The summed E-state index contributed by atoms with van der Waals surface area (Å²) in [5.41, 5.74) is 8.07. The van der Waals surface area contributed by atoms with Gasteiger partial charge in [-0.3, -0.25) is 4.98 Å². The van der Waals surface area contributed by atoms with Crippen molar-refractivity contribution in [3.8, 4) is 0 Å². The smallest absolute Gasteiger partial charge is 0.189 e. The van der Waals surface area contributed by atoms with Crippen LogP contribution in [0.2, 0.25) is 0 Å². The summed E-state index contributed by atoms with van der Waals surface area (Å²) >= 11 is 0. The van der Waals surface area contributed by atoms with Gasteiger partial charge in [0.15, 0.2) is 5.96 Å². The lowest BCUT2D eigenvalue weighted by molar-refractivity contribution is 0.412. The van der Waals surface area contributed by atoms with E-state index in [0.29, 0.717) is 18.5 Å². The van der Waals surface area contributed by atoms with E-state index < -0.39 is 0 Å². The minimum absolute atomic E-state index is 0.507. The van der Waals surface area contributed by atoms with Gasteiger partial charge in [0.25, 0.3) is 0 Å². The lowest BCUT2D eigenvalue weighted by Crippen LogP contribution is -2.41. The molecule has 0 unspecified atom stereocenters. The molecule has 2 rings (SSSR count). The number of nitrogens with zero attached hydrogens (tertiary/aromatic N) is 2. The second-order valence-corrected chi connectivity index (χ2v) is 5.01. The molecular weight excluding hydrogens is 224 g/mol. The molecule has 0 spiro atoms. The van der Waals surface area contributed by atoms with Crippen LogP contribution in [0.1, 0.15) is 43.4 Å². The zero-order chi connectivity index (χ0) is 12.8. The molecule has 1 aromatic heterocycles. The number of aliphatic imine (C=N–C) groups is 1. The first kappa shape index (κ1) is 12.9. The number of aromatic nitrogens is 1. The molecule has 1 aliphatic rings. The predicted molar refractivity (Wildman–Crippen MR) is 74.3 cm³/mol. The van der Waals surface area contributed by atoms with Crippen molar-refractivity contribution < 1.29 is 0 Å². The molecule has 0 saturated heterocycles. The predicted octanol–water partition coefficient (Wildman–Crippen LogP) is 2.13. The Morgan fingerprint density at radius 2 is 2.22 bits per heavy atom. The molecule has 3 N–H and O–H groups in total. The van der Waals surface area contributed by atoms with Crippen molar-refractivity contribution in [1.29, 1.82) is 0 Å². The van der Waals surface area contributed by atoms with Gasteiger partial charge in [-0.2, -0.15) is 0 Å². The fraction of sp³-hybridized carbons (Fsp3) is 0.571. The summed E-state index contributed by atoms with van der Waals surface area (Å²) in [6, 6.07) is 4.53. The number of pyridine rings is 1. The molecule has 1 saturated carbocycles. The highest BCUT2D eigenvalue weighted by molar-refractivity contribution is 5.78. The van der Waals surface area contributed by atoms with E-state index in [0.717, 1.165) is 5.69 Å². The summed E-state index contributed by atoms with van der Waals surface area (Å²) in [5.74, 6) is 0.546. The van der Waals surface area contributed by atoms with Crippen LogP contribution in [0.5, 0.6) is 0 Å². The zero-order valence-corrected chi connectivity index (χ0v) is 11.0. The molecule has 18 heavy (non-hydrogen) atoms. The van der Waals surface area contributed by atoms with E-state index >= 15 is 0 Å². The van der Waals surface area contributed by atoms with Gasteiger partial charge in [-0.05, 0) is 37.5 Å².